The van der Waals surface area contributed by atoms with E-state index in [-0.39, 0.29) is 17.7 Å². The zero-order valence-corrected chi connectivity index (χ0v) is 11.1. The smallest absolute Gasteiger partial charge is 0.320 e. The SMILES string of the molecule is CCNC(CS(=O)(=O)CC(=O)OC)C(C)C. The number of hydrogen-bond donors (Lipinski definition) is 1. The number of rotatable bonds is 7. The Hall–Kier alpha value is -0.620. The van der Waals surface area contributed by atoms with Gasteiger partial charge in [0, 0.05) is 6.04 Å². The topological polar surface area (TPSA) is 72.5 Å². The molecule has 0 spiro atoms. The fourth-order valence-electron chi connectivity index (χ4n) is 1.32. The molecular weight excluding hydrogens is 230 g/mol. The van der Waals surface area contributed by atoms with Gasteiger partial charge < -0.3 is 10.1 Å². The van der Waals surface area contributed by atoms with Crippen molar-refractivity contribution in [2.75, 3.05) is 25.2 Å². The minimum Gasteiger partial charge on any atom is -0.468 e. The van der Waals surface area contributed by atoms with Crippen molar-refractivity contribution in [3.63, 3.8) is 0 Å². The average molecular weight is 251 g/mol. The van der Waals surface area contributed by atoms with E-state index in [1.807, 2.05) is 20.8 Å². The molecule has 0 saturated carbocycles. The van der Waals surface area contributed by atoms with Crippen LogP contribution in [0.3, 0.4) is 0 Å². The van der Waals surface area contributed by atoms with Crippen LogP contribution in [0.5, 0.6) is 0 Å². The van der Waals surface area contributed by atoms with Crippen LogP contribution < -0.4 is 5.32 Å². The number of ether oxygens (including phenoxy) is 1. The normalized spacial score (nSPS) is 13.8. The highest BCUT2D eigenvalue weighted by Gasteiger charge is 2.24. The zero-order valence-electron chi connectivity index (χ0n) is 10.3. The number of sulfone groups is 1. The third-order valence-electron chi connectivity index (χ3n) is 2.27. The maximum Gasteiger partial charge on any atom is 0.320 e. The molecule has 0 aliphatic heterocycles. The van der Waals surface area contributed by atoms with Crippen LogP contribution in [0.25, 0.3) is 0 Å². The first kappa shape index (κ1) is 15.4. The molecule has 0 amide bonds. The van der Waals surface area contributed by atoms with Crippen LogP contribution in [-0.2, 0) is 19.4 Å². The second-order valence-electron chi connectivity index (χ2n) is 4.04. The van der Waals surface area contributed by atoms with E-state index < -0.39 is 21.6 Å². The molecule has 6 heteroatoms. The molecule has 5 nitrogen and oxygen atoms in total. The maximum absolute atomic E-state index is 11.6. The Morgan fingerprint density at radius 2 is 1.94 bits per heavy atom. The lowest BCUT2D eigenvalue weighted by atomic mass is 10.1. The Morgan fingerprint density at radius 3 is 2.31 bits per heavy atom. The lowest BCUT2D eigenvalue weighted by Gasteiger charge is -2.21. The van der Waals surface area contributed by atoms with E-state index in [0.29, 0.717) is 6.54 Å². The Labute approximate surface area is 97.5 Å². The number of nitrogens with one attached hydrogen (secondary N) is 1. The van der Waals surface area contributed by atoms with Crippen molar-refractivity contribution < 1.29 is 17.9 Å². The van der Waals surface area contributed by atoms with Crippen molar-refractivity contribution in [2.24, 2.45) is 5.92 Å². The molecule has 96 valence electrons. The first-order chi connectivity index (χ1) is 7.32. The minimum atomic E-state index is -3.40. The highest BCUT2D eigenvalue weighted by molar-refractivity contribution is 7.92. The van der Waals surface area contributed by atoms with Crippen molar-refractivity contribution in [3.05, 3.63) is 0 Å². The van der Waals surface area contributed by atoms with E-state index >= 15 is 0 Å². The lowest BCUT2D eigenvalue weighted by molar-refractivity contribution is -0.137. The first-order valence-electron chi connectivity index (χ1n) is 5.33. The molecule has 0 saturated heterocycles. The summed E-state index contributed by atoms with van der Waals surface area (Å²) in [4.78, 5) is 10.9. The molecule has 0 aromatic heterocycles. The predicted octanol–water partition coefficient (Wildman–Crippen LogP) is 0.208. The van der Waals surface area contributed by atoms with Crippen molar-refractivity contribution in [2.45, 2.75) is 26.8 Å². The molecule has 16 heavy (non-hydrogen) atoms. The summed E-state index contributed by atoms with van der Waals surface area (Å²) in [7, 11) is -2.21. The summed E-state index contributed by atoms with van der Waals surface area (Å²) in [6.45, 7) is 6.51. The minimum absolute atomic E-state index is 0.0341. The van der Waals surface area contributed by atoms with Crippen molar-refractivity contribution in [1.29, 1.82) is 0 Å². The molecule has 1 atom stereocenters. The van der Waals surface area contributed by atoms with Crippen molar-refractivity contribution in [3.8, 4) is 0 Å². The molecule has 1 unspecified atom stereocenters. The van der Waals surface area contributed by atoms with Gasteiger partial charge in [-0.1, -0.05) is 20.8 Å². The van der Waals surface area contributed by atoms with Gasteiger partial charge in [-0.2, -0.15) is 0 Å². The van der Waals surface area contributed by atoms with Crippen LogP contribution in [0.2, 0.25) is 0 Å². The third-order valence-corrected chi connectivity index (χ3v) is 3.81. The van der Waals surface area contributed by atoms with Gasteiger partial charge >= 0.3 is 5.97 Å². The summed E-state index contributed by atoms with van der Waals surface area (Å²) in [5.41, 5.74) is 0. The van der Waals surface area contributed by atoms with E-state index in [1.165, 1.54) is 7.11 Å². The van der Waals surface area contributed by atoms with Gasteiger partial charge in [0.05, 0.1) is 12.9 Å². The quantitative estimate of drug-likeness (QED) is 0.655. The monoisotopic (exact) mass is 251 g/mol. The van der Waals surface area contributed by atoms with E-state index in [4.69, 9.17) is 0 Å². The van der Waals surface area contributed by atoms with Crippen LogP contribution >= 0.6 is 0 Å². The molecular formula is C10H21NO4S. The van der Waals surface area contributed by atoms with E-state index in [1.54, 1.807) is 0 Å². The van der Waals surface area contributed by atoms with Crippen LogP contribution in [0.1, 0.15) is 20.8 Å². The fourth-order valence-corrected chi connectivity index (χ4v) is 2.96. The summed E-state index contributed by atoms with van der Waals surface area (Å²) in [5.74, 6) is -1.09. The van der Waals surface area contributed by atoms with Crippen LogP contribution in [0, 0.1) is 5.92 Å². The molecule has 0 fully saturated rings. The van der Waals surface area contributed by atoms with Crippen molar-refractivity contribution >= 4 is 15.8 Å². The maximum atomic E-state index is 11.6. The van der Waals surface area contributed by atoms with E-state index in [0.717, 1.165) is 0 Å². The average Bonchev–Trinajstić information content (AvgIpc) is 2.15. The Balaban J connectivity index is 4.47. The van der Waals surface area contributed by atoms with Gasteiger partial charge in [0.25, 0.3) is 0 Å². The fraction of sp³-hybridized carbons (Fsp3) is 0.900. The molecule has 0 rings (SSSR count). The second-order valence-corrected chi connectivity index (χ2v) is 6.15. The molecule has 0 aromatic carbocycles. The van der Waals surface area contributed by atoms with Crippen molar-refractivity contribution in [1.82, 2.24) is 5.32 Å². The number of carbonyl (C=O) groups excluding carboxylic acids is 1. The molecule has 0 aliphatic carbocycles. The number of hydrogen-bond acceptors (Lipinski definition) is 5. The number of esters is 1. The highest BCUT2D eigenvalue weighted by Crippen LogP contribution is 2.06. The lowest BCUT2D eigenvalue weighted by Crippen LogP contribution is -2.41. The van der Waals surface area contributed by atoms with Gasteiger partial charge in [-0.15, -0.1) is 0 Å². The largest absolute Gasteiger partial charge is 0.468 e. The van der Waals surface area contributed by atoms with Crippen LogP contribution in [0.15, 0.2) is 0 Å². The molecule has 0 heterocycles. The molecule has 0 aliphatic rings. The number of methoxy groups -OCH3 is 1. The Morgan fingerprint density at radius 1 is 1.38 bits per heavy atom. The third kappa shape index (κ3) is 6.07. The van der Waals surface area contributed by atoms with Gasteiger partial charge in [0.1, 0.15) is 5.75 Å². The summed E-state index contributed by atoms with van der Waals surface area (Å²) in [6, 6.07) is -0.125. The van der Waals surface area contributed by atoms with Crippen LogP contribution in [-0.4, -0.2) is 45.6 Å². The summed E-state index contributed by atoms with van der Waals surface area (Å²) in [5, 5.41) is 3.10. The first-order valence-corrected chi connectivity index (χ1v) is 7.15. The zero-order chi connectivity index (χ0) is 12.8. The van der Waals surface area contributed by atoms with Crippen LogP contribution in [0.4, 0.5) is 0 Å². The van der Waals surface area contributed by atoms with Gasteiger partial charge in [0.15, 0.2) is 9.84 Å². The second kappa shape index (κ2) is 6.85. The molecule has 0 radical (unpaired) electrons. The molecule has 0 bridgehead atoms. The van der Waals surface area contributed by atoms with Gasteiger partial charge in [-0.3, -0.25) is 4.79 Å². The molecule has 1 N–H and O–H groups in total. The van der Waals surface area contributed by atoms with Gasteiger partial charge in [-0.25, -0.2) is 8.42 Å². The standard InChI is InChI=1S/C10H21NO4S/c1-5-11-9(8(2)3)6-16(13,14)7-10(12)15-4/h8-9,11H,5-7H2,1-4H3. The Bertz CT molecular complexity index is 311. The van der Waals surface area contributed by atoms with E-state index in [2.05, 4.69) is 10.1 Å². The Kier molecular flexibility index (Phi) is 6.59. The highest BCUT2D eigenvalue weighted by atomic mass is 32.2. The van der Waals surface area contributed by atoms with Gasteiger partial charge in [-0.05, 0) is 12.5 Å². The predicted molar refractivity (Wildman–Crippen MR) is 63.0 cm³/mol. The summed E-state index contributed by atoms with van der Waals surface area (Å²) in [6.07, 6.45) is 0. The summed E-state index contributed by atoms with van der Waals surface area (Å²) < 4.78 is 27.6. The molecule has 0 aromatic rings. The number of carbonyl (C=O) groups is 1. The van der Waals surface area contributed by atoms with E-state index in [9.17, 15) is 13.2 Å². The summed E-state index contributed by atoms with van der Waals surface area (Å²) >= 11 is 0. The van der Waals surface area contributed by atoms with Gasteiger partial charge in [0.2, 0.25) is 0 Å².